The number of ether oxygens (including phenoxy) is 2. The maximum absolute atomic E-state index is 10.6. The molecular formula is C18H25NO4. The summed E-state index contributed by atoms with van der Waals surface area (Å²) < 4.78 is 11.5. The third-order valence-corrected chi connectivity index (χ3v) is 3.80. The Morgan fingerprint density at radius 2 is 2.00 bits per heavy atom. The molecule has 2 rings (SSSR count). The number of carboxylic acids is 1. The molecule has 23 heavy (non-hydrogen) atoms. The van der Waals surface area contributed by atoms with E-state index < -0.39 is 5.97 Å². The molecule has 1 heterocycles. The van der Waals surface area contributed by atoms with E-state index in [1.807, 2.05) is 19.1 Å². The van der Waals surface area contributed by atoms with Gasteiger partial charge in [0.05, 0.1) is 6.61 Å². The topological polar surface area (TPSA) is 59.0 Å². The Kier molecular flexibility index (Phi) is 6.94. The molecule has 1 aromatic rings. The Morgan fingerprint density at radius 1 is 1.22 bits per heavy atom. The number of hydrogen-bond donors (Lipinski definition) is 1. The van der Waals surface area contributed by atoms with Gasteiger partial charge in [0.2, 0.25) is 0 Å². The number of likely N-dealkylation sites (tertiary alicyclic amines) is 1. The van der Waals surface area contributed by atoms with Crippen molar-refractivity contribution in [1.82, 2.24) is 4.90 Å². The van der Waals surface area contributed by atoms with Crippen LogP contribution in [-0.4, -0.2) is 48.8 Å². The van der Waals surface area contributed by atoms with Crippen LogP contribution in [0.15, 0.2) is 24.3 Å². The van der Waals surface area contributed by atoms with Gasteiger partial charge < -0.3 is 14.6 Å². The van der Waals surface area contributed by atoms with Gasteiger partial charge in [-0.15, -0.1) is 0 Å². The summed E-state index contributed by atoms with van der Waals surface area (Å²) in [6, 6.07) is 5.47. The lowest BCUT2D eigenvalue weighted by Crippen LogP contribution is -2.33. The zero-order chi connectivity index (χ0) is 16.5. The molecule has 0 bridgehead atoms. The first-order chi connectivity index (χ1) is 11.2. The first kappa shape index (κ1) is 17.3. The molecular weight excluding hydrogens is 294 g/mol. The van der Waals surface area contributed by atoms with E-state index in [-0.39, 0.29) is 0 Å². The van der Waals surface area contributed by atoms with Crippen molar-refractivity contribution >= 4 is 12.0 Å². The molecule has 1 aliphatic heterocycles. The average molecular weight is 319 g/mol. The van der Waals surface area contributed by atoms with Gasteiger partial charge in [-0.1, -0.05) is 12.5 Å². The predicted molar refractivity (Wildman–Crippen MR) is 90.1 cm³/mol. The molecule has 126 valence electrons. The molecule has 0 saturated carbocycles. The lowest BCUT2D eigenvalue weighted by Gasteiger charge is -2.26. The van der Waals surface area contributed by atoms with Crippen molar-refractivity contribution in [2.24, 2.45) is 0 Å². The van der Waals surface area contributed by atoms with E-state index in [0.717, 1.165) is 31.3 Å². The van der Waals surface area contributed by atoms with Crippen LogP contribution in [0.5, 0.6) is 11.5 Å². The van der Waals surface area contributed by atoms with Crippen molar-refractivity contribution in [3.05, 3.63) is 29.8 Å². The van der Waals surface area contributed by atoms with E-state index in [1.165, 1.54) is 19.3 Å². The number of rotatable bonds is 8. The average Bonchev–Trinajstić information content (AvgIpc) is 2.56. The van der Waals surface area contributed by atoms with Crippen LogP contribution in [0.4, 0.5) is 0 Å². The van der Waals surface area contributed by atoms with E-state index in [9.17, 15) is 4.79 Å². The van der Waals surface area contributed by atoms with Gasteiger partial charge in [0.25, 0.3) is 0 Å². The number of carbonyl (C=O) groups is 1. The Hall–Kier alpha value is -2.01. The third kappa shape index (κ3) is 5.94. The molecule has 1 fully saturated rings. The molecule has 1 saturated heterocycles. The van der Waals surface area contributed by atoms with Gasteiger partial charge in [-0.3, -0.25) is 4.90 Å². The number of piperidine rings is 1. The molecule has 5 heteroatoms. The fourth-order valence-corrected chi connectivity index (χ4v) is 2.65. The molecule has 1 aromatic carbocycles. The summed E-state index contributed by atoms with van der Waals surface area (Å²) in [7, 11) is 0. The molecule has 1 N–H and O–H groups in total. The van der Waals surface area contributed by atoms with E-state index in [0.29, 0.717) is 24.7 Å². The zero-order valence-corrected chi connectivity index (χ0v) is 13.7. The molecule has 0 unspecified atom stereocenters. The second-order valence-corrected chi connectivity index (χ2v) is 5.56. The predicted octanol–water partition coefficient (Wildman–Crippen LogP) is 3.05. The van der Waals surface area contributed by atoms with Crippen molar-refractivity contribution in [3.8, 4) is 11.5 Å². The lowest BCUT2D eigenvalue weighted by molar-refractivity contribution is -0.131. The highest BCUT2D eigenvalue weighted by Gasteiger charge is 2.11. The van der Waals surface area contributed by atoms with Crippen LogP contribution < -0.4 is 9.47 Å². The van der Waals surface area contributed by atoms with Crippen molar-refractivity contribution in [2.45, 2.75) is 26.2 Å². The van der Waals surface area contributed by atoms with Crippen LogP contribution in [0.25, 0.3) is 6.08 Å². The number of benzene rings is 1. The van der Waals surface area contributed by atoms with E-state index in [4.69, 9.17) is 14.6 Å². The standard InChI is InChI=1S/C18H25NO4/c1-2-22-17-14-15(7-9-18(20)21)6-8-16(17)23-13-12-19-10-4-3-5-11-19/h6-9,14H,2-5,10-13H2,1H3,(H,20,21). The second-order valence-electron chi connectivity index (χ2n) is 5.56. The summed E-state index contributed by atoms with van der Waals surface area (Å²) in [6.45, 7) is 6.31. The van der Waals surface area contributed by atoms with Gasteiger partial charge in [-0.25, -0.2) is 4.79 Å². The Morgan fingerprint density at radius 3 is 2.70 bits per heavy atom. The van der Waals surface area contributed by atoms with Crippen LogP contribution in [0.1, 0.15) is 31.7 Å². The quantitative estimate of drug-likeness (QED) is 0.746. The maximum atomic E-state index is 10.6. The molecule has 5 nitrogen and oxygen atoms in total. The monoisotopic (exact) mass is 319 g/mol. The number of aliphatic carboxylic acids is 1. The smallest absolute Gasteiger partial charge is 0.328 e. The number of carboxylic acid groups (broad SMARTS) is 1. The summed E-state index contributed by atoms with van der Waals surface area (Å²) in [6.07, 6.45) is 6.53. The molecule has 0 spiro atoms. The zero-order valence-electron chi connectivity index (χ0n) is 13.7. The van der Waals surface area contributed by atoms with Gasteiger partial charge in [0.15, 0.2) is 11.5 Å². The molecule has 0 atom stereocenters. The van der Waals surface area contributed by atoms with Crippen LogP contribution in [0, 0.1) is 0 Å². The Balaban J connectivity index is 1.94. The molecule has 0 amide bonds. The van der Waals surface area contributed by atoms with Crippen molar-refractivity contribution in [2.75, 3.05) is 32.8 Å². The van der Waals surface area contributed by atoms with Crippen LogP contribution in [-0.2, 0) is 4.79 Å². The minimum atomic E-state index is -0.968. The van der Waals surface area contributed by atoms with Gasteiger partial charge in [-0.05, 0) is 56.6 Å². The van der Waals surface area contributed by atoms with Crippen molar-refractivity contribution in [1.29, 1.82) is 0 Å². The largest absolute Gasteiger partial charge is 0.490 e. The first-order valence-corrected chi connectivity index (χ1v) is 8.22. The Labute approximate surface area is 137 Å². The molecule has 0 aromatic heterocycles. The highest BCUT2D eigenvalue weighted by molar-refractivity contribution is 5.85. The summed E-state index contributed by atoms with van der Waals surface area (Å²) in [5.41, 5.74) is 0.777. The maximum Gasteiger partial charge on any atom is 0.328 e. The summed E-state index contributed by atoms with van der Waals surface area (Å²) >= 11 is 0. The Bertz CT molecular complexity index is 536. The van der Waals surface area contributed by atoms with E-state index >= 15 is 0 Å². The highest BCUT2D eigenvalue weighted by atomic mass is 16.5. The summed E-state index contributed by atoms with van der Waals surface area (Å²) in [5.74, 6) is 0.389. The highest BCUT2D eigenvalue weighted by Crippen LogP contribution is 2.29. The third-order valence-electron chi connectivity index (χ3n) is 3.80. The van der Waals surface area contributed by atoms with Gasteiger partial charge in [0, 0.05) is 12.6 Å². The molecule has 0 radical (unpaired) electrons. The molecule has 1 aliphatic rings. The minimum Gasteiger partial charge on any atom is -0.490 e. The van der Waals surface area contributed by atoms with Crippen molar-refractivity contribution < 1.29 is 19.4 Å². The van der Waals surface area contributed by atoms with E-state index in [2.05, 4.69) is 4.90 Å². The normalized spacial score (nSPS) is 15.7. The second kappa shape index (κ2) is 9.20. The minimum absolute atomic E-state index is 0.536. The summed E-state index contributed by atoms with van der Waals surface area (Å²) in [5, 5.41) is 8.69. The van der Waals surface area contributed by atoms with Crippen molar-refractivity contribution in [3.63, 3.8) is 0 Å². The fourth-order valence-electron chi connectivity index (χ4n) is 2.65. The lowest BCUT2D eigenvalue weighted by atomic mass is 10.1. The fraction of sp³-hybridized carbons (Fsp3) is 0.500. The van der Waals surface area contributed by atoms with Crippen LogP contribution in [0.3, 0.4) is 0 Å². The summed E-state index contributed by atoms with van der Waals surface area (Å²) in [4.78, 5) is 13.0. The first-order valence-electron chi connectivity index (χ1n) is 8.22. The van der Waals surface area contributed by atoms with E-state index in [1.54, 1.807) is 12.1 Å². The van der Waals surface area contributed by atoms with Crippen LogP contribution >= 0.6 is 0 Å². The SMILES string of the molecule is CCOc1cc(C=CC(=O)O)ccc1OCCN1CCCCC1. The molecule has 0 aliphatic carbocycles. The van der Waals surface area contributed by atoms with Gasteiger partial charge >= 0.3 is 5.97 Å². The number of hydrogen-bond acceptors (Lipinski definition) is 4. The number of nitrogens with zero attached hydrogens (tertiary/aromatic N) is 1. The van der Waals surface area contributed by atoms with Gasteiger partial charge in [0.1, 0.15) is 6.61 Å². The van der Waals surface area contributed by atoms with Crippen LogP contribution in [0.2, 0.25) is 0 Å². The van der Waals surface area contributed by atoms with Gasteiger partial charge in [-0.2, -0.15) is 0 Å².